The van der Waals surface area contributed by atoms with E-state index < -0.39 is 6.04 Å². The van der Waals surface area contributed by atoms with Crippen molar-refractivity contribution in [3.05, 3.63) is 65.7 Å². The molecule has 0 bridgehead atoms. The second kappa shape index (κ2) is 10.2. The number of thioether (sulfide) groups is 1. The Kier molecular flexibility index (Phi) is 7.92. The van der Waals surface area contributed by atoms with Gasteiger partial charge in [0.15, 0.2) is 0 Å². The fourth-order valence-electron chi connectivity index (χ4n) is 2.82. The molecule has 0 saturated carbocycles. The van der Waals surface area contributed by atoms with E-state index in [1.54, 1.807) is 35.8 Å². The van der Waals surface area contributed by atoms with Gasteiger partial charge in [-0.1, -0.05) is 50.6 Å². The Bertz CT molecular complexity index is 747. The number of hydrogen-bond donors (Lipinski definition) is 1. The maximum atomic E-state index is 13.0. The van der Waals surface area contributed by atoms with Crippen LogP contribution in [-0.2, 0) is 11.3 Å². The molecule has 2 amide bonds. The van der Waals surface area contributed by atoms with Crippen molar-refractivity contribution in [1.82, 2.24) is 10.2 Å². The van der Waals surface area contributed by atoms with E-state index in [1.807, 2.05) is 50.4 Å². The van der Waals surface area contributed by atoms with E-state index >= 15 is 0 Å². The Morgan fingerprint density at radius 1 is 1.07 bits per heavy atom. The lowest BCUT2D eigenvalue weighted by Gasteiger charge is -2.28. The molecule has 0 aliphatic rings. The second-order valence-electron chi connectivity index (χ2n) is 6.75. The number of carbonyl (C=O) groups excluding carboxylic acids is 2. The summed E-state index contributed by atoms with van der Waals surface area (Å²) in [6.07, 6.45) is 2.85. The van der Waals surface area contributed by atoms with Crippen molar-refractivity contribution in [2.24, 2.45) is 5.92 Å². The van der Waals surface area contributed by atoms with Gasteiger partial charge in [-0.15, -0.1) is 11.8 Å². The zero-order valence-corrected chi connectivity index (χ0v) is 17.3. The number of carbonyl (C=O) groups is 2. The molecule has 0 spiro atoms. The number of rotatable bonds is 8. The number of amides is 2. The lowest BCUT2D eigenvalue weighted by molar-refractivity contribution is -0.133. The summed E-state index contributed by atoms with van der Waals surface area (Å²) in [4.78, 5) is 28.5. The highest BCUT2D eigenvalue weighted by Gasteiger charge is 2.28. The monoisotopic (exact) mass is 384 g/mol. The summed E-state index contributed by atoms with van der Waals surface area (Å²) in [5.41, 5.74) is 1.63. The van der Waals surface area contributed by atoms with Crippen LogP contribution >= 0.6 is 11.8 Å². The van der Waals surface area contributed by atoms with Crippen LogP contribution in [0.25, 0.3) is 0 Å². The van der Waals surface area contributed by atoms with Gasteiger partial charge in [0.1, 0.15) is 6.04 Å². The molecule has 27 heavy (non-hydrogen) atoms. The smallest absolute Gasteiger partial charge is 0.251 e. The van der Waals surface area contributed by atoms with Crippen molar-refractivity contribution in [2.75, 3.05) is 13.3 Å². The average molecular weight is 385 g/mol. The summed E-state index contributed by atoms with van der Waals surface area (Å²) in [6.45, 7) is 4.54. The first-order valence-corrected chi connectivity index (χ1v) is 10.4. The topological polar surface area (TPSA) is 49.4 Å². The minimum absolute atomic E-state index is 0.0477. The van der Waals surface area contributed by atoms with Gasteiger partial charge in [0.05, 0.1) is 0 Å². The predicted octanol–water partition coefficient (Wildman–Crippen LogP) is 4.21. The van der Waals surface area contributed by atoms with Gasteiger partial charge in [-0.2, -0.15) is 0 Å². The van der Waals surface area contributed by atoms with E-state index in [-0.39, 0.29) is 17.7 Å². The van der Waals surface area contributed by atoms with Crippen molar-refractivity contribution in [3.63, 3.8) is 0 Å². The molecule has 0 aromatic heterocycles. The van der Waals surface area contributed by atoms with Gasteiger partial charge in [-0.3, -0.25) is 9.59 Å². The molecule has 2 aromatic rings. The quantitative estimate of drug-likeness (QED) is 0.694. The van der Waals surface area contributed by atoms with Crippen molar-refractivity contribution in [1.29, 1.82) is 0 Å². The molecule has 5 heteroatoms. The maximum absolute atomic E-state index is 13.0. The van der Waals surface area contributed by atoms with E-state index in [0.29, 0.717) is 12.1 Å². The lowest BCUT2D eigenvalue weighted by atomic mass is 9.97. The maximum Gasteiger partial charge on any atom is 0.251 e. The van der Waals surface area contributed by atoms with Crippen LogP contribution in [0.1, 0.15) is 36.2 Å². The van der Waals surface area contributed by atoms with Crippen LogP contribution in [0.15, 0.2) is 59.5 Å². The SMILES string of the molecule is CC[C@H](C)[C@H](NC(=O)c1ccccc1)C(=O)N(C)Cc1ccc(SC)cc1. The Labute approximate surface area is 166 Å². The lowest BCUT2D eigenvalue weighted by Crippen LogP contribution is -2.50. The molecular formula is C22H28N2O2S. The molecule has 0 aliphatic heterocycles. The first-order chi connectivity index (χ1) is 13.0. The van der Waals surface area contributed by atoms with Gasteiger partial charge >= 0.3 is 0 Å². The molecule has 0 saturated heterocycles. The van der Waals surface area contributed by atoms with Crippen molar-refractivity contribution in [2.45, 2.75) is 37.8 Å². The first-order valence-electron chi connectivity index (χ1n) is 9.20. The van der Waals surface area contributed by atoms with Crippen molar-refractivity contribution < 1.29 is 9.59 Å². The summed E-state index contributed by atoms with van der Waals surface area (Å²) >= 11 is 1.69. The van der Waals surface area contributed by atoms with Crippen molar-refractivity contribution in [3.8, 4) is 0 Å². The molecular weight excluding hydrogens is 356 g/mol. The van der Waals surface area contributed by atoms with Gasteiger partial charge in [-0.25, -0.2) is 0 Å². The van der Waals surface area contributed by atoms with E-state index in [9.17, 15) is 9.59 Å². The average Bonchev–Trinajstić information content (AvgIpc) is 2.71. The summed E-state index contributed by atoms with van der Waals surface area (Å²) < 4.78 is 0. The van der Waals surface area contributed by atoms with Gasteiger partial charge in [-0.05, 0) is 42.0 Å². The van der Waals surface area contributed by atoms with Crippen molar-refractivity contribution >= 4 is 23.6 Å². The standard InChI is InChI=1S/C22H28N2O2S/c1-5-16(2)20(23-21(25)18-9-7-6-8-10-18)22(26)24(3)15-17-11-13-19(27-4)14-12-17/h6-14,16,20H,5,15H2,1-4H3,(H,23,25)/t16-,20-/m0/s1. The molecule has 0 aliphatic carbocycles. The normalized spacial score (nSPS) is 12.9. The zero-order chi connectivity index (χ0) is 19.8. The molecule has 0 unspecified atom stereocenters. The van der Waals surface area contributed by atoms with Gasteiger partial charge in [0.25, 0.3) is 5.91 Å². The molecule has 4 nitrogen and oxygen atoms in total. The molecule has 0 radical (unpaired) electrons. The molecule has 2 aromatic carbocycles. The Morgan fingerprint density at radius 3 is 2.26 bits per heavy atom. The Morgan fingerprint density at radius 2 is 1.70 bits per heavy atom. The first kappa shape index (κ1) is 21.0. The molecule has 0 heterocycles. The van der Waals surface area contributed by atoms with E-state index in [0.717, 1.165) is 12.0 Å². The molecule has 1 N–H and O–H groups in total. The van der Waals surface area contributed by atoms with Gasteiger partial charge < -0.3 is 10.2 Å². The van der Waals surface area contributed by atoms with E-state index in [1.165, 1.54) is 4.90 Å². The molecule has 0 fully saturated rings. The van der Waals surface area contributed by atoms with E-state index in [2.05, 4.69) is 17.4 Å². The molecule has 2 atom stereocenters. The molecule has 144 valence electrons. The Balaban J connectivity index is 2.09. The van der Waals surface area contributed by atoms with Crippen LogP contribution in [-0.4, -0.2) is 36.1 Å². The summed E-state index contributed by atoms with van der Waals surface area (Å²) in [6, 6.07) is 16.7. The minimum Gasteiger partial charge on any atom is -0.340 e. The number of hydrogen-bond acceptors (Lipinski definition) is 3. The minimum atomic E-state index is -0.543. The highest BCUT2D eigenvalue weighted by atomic mass is 32.2. The number of nitrogens with zero attached hydrogens (tertiary/aromatic N) is 1. The van der Waals surface area contributed by atoms with Gasteiger partial charge in [0, 0.05) is 24.1 Å². The van der Waals surface area contributed by atoms with Crippen LogP contribution in [0.5, 0.6) is 0 Å². The highest BCUT2D eigenvalue weighted by Crippen LogP contribution is 2.17. The summed E-state index contributed by atoms with van der Waals surface area (Å²) in [5, 5.41) is 2.94. The number of likely N-dealkylation sites (N-methyl/N-ethyl adjacent to an activating group) is 1. The summed E-state index contributed by atoms with van der Waals surface area (Å²) in [5.74, 6) is -0.235. The third kappa shape index (κ3) is 5.86. The second-order valence-corrected chi connectivity index (χ2v) is 7.62. The Hall–Kier alpha value is -2.27. The van der Waals surface area contributed by atoms with Crippen LogP contribution in [0.4, 0.5) is 0 Å². The number of benzene rings is 2. The van der Waals surface area contributed by atoms with Crippen LogP contribution < -0.4 is 5.32 Å². The summed E-state index contributed by atoms with van der Waals surface area (Å²) in [7, 11) is 1.79. The zero-order valence-electron chi connectivity index (χ0n) is 16.4. The fourth-order valence-corrected chi connectivity index (χ4v) is 3.23. The largest absolute Gasteiger partial charge is 0.340 e. The fraction of sp³-hybridized carbons (Fsp3) is 0.364. The third-order valence-corrected chi connectivity index (χ3v) is 5.50. The van der Waals surface area contributed by atoms with Crippen LogP contribution in [0, 0.1) is 5.92 Å². The number of nitrogens with one attached hydrogen (secondary N) is 1. The van der Waals surface area contributed by atoms with Gasteiger partial charge in [0.2, 0.25) is 5.91 Å². The predicted molar refractivity (Wildman–Crippen MR) is 112 cm³/mol. The van der Waals surface area contributed by atoms with Crippen LogP contribution in [0.3, 0.4) is 0 Å². The highest BCUT2D eigenvalue weighted by molar-refractivity contribution is 7.98. The van der Waals surface area contributed by atoms with Crippen LogP contribution in [0.2, 0.25) is 0 Å². The van der Waals surface area contributed by atoms with E-state index in [4.69, 9.17) is 0 Å². The molecule has 2 rings (SSSR count). The third-order valence-electron chi connectivity index (χ3n) is 4.76.